The largest absolute Gasteiger partial charge is 0.508 e. The maximum atomic E-state index is 13.3. The van der Waals surface area contributed by atoms with Crippen LogP contribution in [0.4, 0.5) is 11.4 Å². The number of nitrogen functional groups attached to an aromatic ring is 2. The molecule has 0 bridgehead atoms. The predicted molar refractivity (Wildman–Crippen MR) is 113 cm³/mol. The van der Waals surface area contributed by atoms with Crippen LogP contribution in [0, 0.1) is 0 Å². The predicted octanol–water partition coefficient (Wildman–Crippen LogP) is 3.98. The topological polar surface area (TPSA) is 116 Å². The molecule has 0 radical (unpaired) electrons. The molecule has 4 rings (SSSR count). The Balaban J connectivity index is 1.95. The van der Waals surface area contributed by atoms with Gasteiger partial charge in [-0.1, -0.05) is 31.2 Å². The summed E-state index contributed by atoms with van der Waals surface area (Å²) in [6, 6.07) is 11.2. The number of rotatable bonds is 3. The lowest BCUT2D eigenvalue weighted by atomic mass is 9.79. The van der Waals surface area contributed by atoms with Crippen molar-refractivity contribution >= 4 is 35.6 Å². The van der Waals surface area contributed by atoms with Gasteiger partial charge in [0.25, 0.3) is 0 Å². The number of hydrogen-bond donors (Lipinski definition) is 4. The summed E-state index contributed by atoms with van der Waals surface area (Å²) in [6.45, 7) is 1.91. The van der Waals surface area contributed by atoms with Crippen LogP contribution in [0.2, 0.25) is 0 Å². The van der Waals surface area contributed by atoms with Crippen LogP contribution in [0.25, 0.3) is 0 Å². The highest BCUT2D eigenvalue weighted by atomic mass is 32.1. The number of nitrogens with two attached hydrogens (primary N) is 2. The van der Waals surface area contributed by atoms with Crippen molar-refractivity contribution in [3.8, 4) is 17.2 Å². The van der Waals surface area contributed by atoms with Crippen molar-refractivity contribution in [2.24, 2.45) is 0 Å². The Morgan fingerprint density at radius 3 is 2.34 bits per heavy atom. The minimum absolute atomic E-state index is 0.00000535. The molecule has 0 aliphatic heterocycles. The van der Waals surface area contributed by atoms with Gasteiger partial charge in [-0.05, 0) is 24.1 Å². The lowest BCUT2D eigenvalue weighted by Crippen LogP contribution is -2.26. The van der Waals surface area contributed by atoms with E-state index in [4.69, 9.17) is 16.2 Å². The second kappa shape index (κ2) is 6.86. The lowest BCUT2D eigenvalue weighted by molar-refractivity contribution is 0.0979. The zero-order chi connectivity index (χ0) is 20.9. The van der Waals surface area contributed by atoms with Gasteiger partial charge in [-0.15, -0.1) is 12.6 Å². The number of ether oxygens (including phenoxy) is 1. The van der Waals surface area contributed by atoms with Crippen LogP contribution in [-0.2, 0) is 6.42 Å². The molecule has 0 heterocycles. The first-order chi connectivity index (χ1) is 13.8. The number of carbonyl (C=O) groups excluding carboxylic acids is 2. The molecular weight excluding hydrogens is 388 g/mol. The van der Waals surface area contributed by atoms with Gasteiger partial charge < -0.3 is 21.3 Å². The first-order valence-electron chi connectivity index (χ1n) is 8.97. The van der Waals surface area contributed by atoms with E-state index >= 15 is 0 Å². The average Bonchev–Trinajstić information content (AvgIpc) is 2.71. The van der Waals surface area contributed by atoms with Crippen molar-refractivity contribution in [1.82, 2.24) is 0 Å². The molecule has 3 aromatic rings. The van der Waals surface area contributed by atoms with E-state index in [-0.39, 0.29) is 56.2 Å². The van der Waals surface area contributed by atoms with Crippen LogP contribution < -0.4 is 16.2 Å². The van der Waals surface area contributed by atoms with E-state index in [2.05, 4.69) is 12.6 Å². The van der Waals surface area contributed by atoms with Gasteiger partial charge in [0.2, 0.25) is 0 Å². The molecule has 7 heteroatoms. The maximum Gasteiger partial charge on any atom is 0.196 e. The van der Waals surface area contributed by atoms with Crippen molar-refractivity contribution in [2.45, 2.75) is 18.2 Å². The van der Waals surface area contributed by atoms with Crippen molar-refractivity contribution < 1.29 is 19.4 Å². The van der Waals surface area contributed by atoms with E-state index in [0.717, 1.165) is 5.56 Å². The number of aryl methyl sites for hydroxylation is 1. The van der Waals surface area contributed by atoms with Gasteiger partial charge in [-0.3, -0.25) is 9.59 Å². The fraction of sp³-hybridized carbons (Fsp3) is 0.0909. The van der Waals surface area contributed by atoms with E-state index in [1.165, 1.54) is 12.1 Å². The van der Waals surface area contributed by atoms with E-state index < -0.39 is 0 Å². The fourth-order valence-electron chi connectivity index (χ4n) is 3.60. The summed E-state index contributed by atoms with van der Waals surface area (Å²) in [5.41, 5.74) is 14.0. The Kier molecular flexibility index (Phi) is 4.47. The van der Waals surface area contributed by atoms with Gasteiger partial charge in [-0.25, -0.2) is 0 Å². The molecule has 0 saturated carbocycles. The molecule has 29 heavy (non-hydrogen) atoms. The average molecular weight is 406 g/mol. The second-order valence-electron chi connectivity index (χ2n) is 6.71. The highest BCUT2D eigenvalue weighted by Gasteiger charge is 2.37. The molecule has 1 aliphatic carbocycles. The van der Waals surface area contributed by atoms with Crippen LogP contribution >= 0.6 is 12.6 Å². The van der Waals surface area contributed by atoms with Gasteiger partial charge in [0, 0.05) is 17.2 Å². The van der Waals surface area contributed by atoms with Crippen LogP contribution in [-0.4, -0.2) is 16.7 Å². The third-order valence-corrected chi connectivity index (χ3v) is 5.44. The fourth-order valence-corrected chi connectivity index (χ4v) is 3.88. The SMILES string of the molecule is CCc1cccc2c1C(=O)c1c(N)c(S)c(Oc3cccc(O)c3)c(N)c1C2=O. The van der Waals surface area contributed by atoms with Crippen molar-refractivity contribution in [3.63, 3.8) is 0 Å². The third-order valence-electron chi connectivity index (χ3n) is 5.00. The lowest BCUT2D eigenvalue weighted by Gasteiger charge is -2.25. The van der Waals surface area contributed by atoms with E-state index in [0.29, 0.717) is 17.5 Å². The number of aromatic hydroxyl groups is 1. The molecule has 0 spiro atoms. The van der Waals surface area contributed by atoms with Gasteiger partial charge in [0.15, 0.2) is 17.3 Å². The van der Waals surface area contributed by atoms with Gasteiger partial charge in [-0.2, -0.15) is 0 Å². The first kappa shape index (κ1) is 18.9. The molecule has 0 unspecified atom stereocenters. The molecule has 6 nitrogen and oxygen atoms in total. The third kappa shape index (κ3) is 2.82. The Hall–Kier alpha value is -3.45. The van der Waals surface area contributed by atoms with Gasteiger partial charge in [0.05, 0.1) is 27.4 Å². The van der Waals surface area contributed by atoms with E-state index in [9.17, 15) is 14.7 Å². The summed E-state index contributed by atoms with van der Waals surface area (Å²) in [7, 11) is 0. The summed E-state index contributed by atoms with van der Waals surface area (Å²) in [5, 5.41) is 9.66. The monoisotopic (exact) mass is 406 g/mol. The Bertz CT molecular complexity index is 1200. The van der Waals surface area contributed by atoms with Gasteiger partial charge >= 0.3 is 0 Å². The van der Waals surface area contributed by atoms with Crippen LogP contribution in [0.1, 0.15) is 44.3 Å². The first-order valence-corrected chi connectivity index (χ1v) is 9.41. The number of benzene rings is 3. The van der Waals surface area contributed by atoms with Crippen LogP contribution in [0.3, 0.4) is 0 Å². The number of phenols is 1. The Morgan fingerprint density at radius 1 is 0.966 bits per heavy atom. The molecule has 0 saturated heterocycles. The second-order valence-corrected chi connectivity index (χ2v) is 7.15. The number of anilines is 2. The number of fused-ring (bicyclic) bond motifs is 2. The molecule has 0 amide bonds. The molecule has 5 N–H and O–H groups in total. The summed E-state index contributed by atoms with van der Waals surface area (Å²) < 4.78 is 5.78. The zero-order valence-electron chi connectivity index (χ0n) is 15.5. The molecule has 0 fully saturated rings. The molecule has 0 aromatic heterocycles. The number of ketones is 2. The molecule has 0 atom stereocenters. The van der Waals surface area contributed by atoms with Crippen molar-refractivity contribution in [3.05, 3.63) is 70.3 Å². The van der Waals surface area contributed by atoms with Crippen molar-refractivity contribution in [1.29, 1.82) is 0 Å². The summed E-state index contributed by atoms with van der Waals surface area (Å²) in [5.74, 6) is -0.389. The summed E-state index contributed by atoms with van der Waals surface area (Å²) in [6.07, 6.45) is 0.597. The van der Waals surface area contributed by atoms with E-state index in [1.807, 2.05) is 13.0 Å². The minimum atomic E-state index is -0.386. The number of thiol groups is 1. The molecule has 146 valence electrons. The smallest absolute Gasteiger partial charge is 0.196 e. The zero-order valence-corrected chi connectivity index (χ0v) is 16.4. The Labute approximate surface area is 172 Å². The van der Waals surface area contributed by atoms with E-state index in [1.54, 1.807) is 24.3 Å². The minimum Gasteiger partial charge on any atom is -0.508 e. The normalized spacial score (nSPS) is 12.5. The standard InChI is InChI=1S/C22H18N2O4S/c1-2-10-5-3-8-13-14(10)20(27)16-15(19(13)26)17(23)21(22(29)18(16)24)28-12-7-4-6-11(25)9-12/h3-9,25,29H,2,23-24H2,1H3. The molecular formula is C22H18N2O4S. The quantitative estimate of drug-likeness (QED) is 0.302. The molecule has 1 aliphatic rings. The molecule has 3 aromatic carbocycles. The highest BCUT2D eigenvalue weighted by Crippen LogP contribution is 2.46. The van der Waals surface area contributed by atoms with Crippen LogP contribution in [0.5, 0.6) is 17.2 Å². The Morgan fingerprint density at radius 2 is 1.66 bits per heavy atom. The number of phenolic OH excluding ortho intramolecular Hbond substituents is 1. The van der Waals surface area contributed by atoms with Crippen LogP contribution in [0.15, 0.2) is 47.4 Å². The summed E-state index contributed by atoms with van der Waals surface area (Å²) in [4.78, 5) is 26.7. The number of hydrogen-bond acceptors (Lipinski definition) is 7. The highest BCUT2D eigenvalue weighted by molar-refractivity contribution is 7.80. The van der Waals surface area contributed by atoms with Crippen molar-refractivity contribution in [2.75, 3.05) is 11.5 Å². The maximum absolute atomic E-state index is 13.3. The summed E-state index contributed by atoms with van der Waals surface area (Å²) >= 11 is 4.40. The van der Waals surface area contributed by atoms with Gasteiger partial charge in [0.1, 0.15) is 11.5 Å². The number of carbonyl (C=O) groups is 2.